The van der Waals surface area contributed by atoms with Crippen LogP contribution in [-0.4, -0.2) is 41.0 Å². The molecule has 0 atom stereocenters. The predicted molar refractivity (Wildman–Crippen MR) is 90.6 cm³/mol. The third-order valence-corrected chi connectivity index (χ3v) is 3.67. The van der Waals surface area contributed by atoms with Crippen LogP contribution in [0, 0.1) is 6.92 Å². The zero-order valence-electron chi connectivity index (χ0n) is 14.2. The van der Waals surface area contributed by atoms with Crippen molar-refractivity contribution in [3.05, 3.63) is 35.7 Å². The van der Waals surface area contributed by atoms with Crippen molar-refractivity contribution in [2.75, 3.05) is 5.32 Å². The minimum absolute atomic E-state index is 0.206. The van der Waals surface area contributed by atoms with Gasteiger partial charge in [0.05, 0.1) is 18.4 Å². The van der Waals surface area contributed by atoms with Gasteiger partial charge in [-0.15, -0.1) is 0 Å². The molecule has 3 aromatic rings. The Balaban J connectivity index is 1.61. The maximum absolute atomic E-state index is 12.1. The molecule has 0 radical (unpaired) electrons. The normalized spacial score (nSPS) is 10.7. The maximum atomic E-state index is 12.1. The van der Waals surface area contributed by atoms with Crippen LogP contribution in [0.2, 0.25) is 0 Å². The monoisotopic (exact) mass is 341 g/mol. The first-order valence-electron chi connectivity index (χ1n) is 7.83. The Morgan fingerprint density at radius 1 is 1.36 bits per heavy atom. The van der Waals surface area contributed by atoms with E-state index in [1.54, 1.807) is 30.3 Å². The van der Waals surface area contributed by atoms with Crippen LogP contribution in [0.4, 0.5) is 10.6 Å². The topological polar surface area (TPSA) is 126 Å². The van der Waals surface area contributed by atoms with Gasteiger partial charge in [-0.05, 0) is 13.3 Å². The van der Waals surface area contributed by atoms with Gasteiger partial charge >= 0.3 is 6.03 Å². The molecule has 0 saturated heterocycles. The summed E-state index contributed by atoms with van der Waals surface area (Å²) in [5.74, 6) is 1.64. The lowest BCUT2D eigenvalue weighted by Crippen LogP contribution is -2.29. The molecule has 0 aromatic carbocycles. The summed E-state index contributed by atoms with van der Waals surface area (Å²) in [5, 5.41) is 16.7. The average molecular weight is 341 g/mol. The number of nitrogens with one attached hydrogen (secondary N) is 3. The number of hydrogen-bond donors (Lipinski definition) is 3. The van der Waals surface area contributed by atoms with Crippen molar-refractivity contribution >= 4 is 11.8 Å². The number of aromatic nitrogens is 7. The summed E-state index contributed by atoms with van der Waals surface area (Å²) < 4.78 is 1.66. The molecule has 2 amide bonds. The zero-order chi connectivity index (χ0) is 17.8. The molecule has 0 bridgehead atoms. The molecule has 0 unspecified atom stereocenters. The third kappa shape index (κ3) is 3.62. The van der Waals surface area contributed by atoms with E-state index < -0.39 is 0 Å². The van der Waals surface area contributed by atoms with Gasteiger partial charge in [-0.3, -0.25) is 20.1 Å². The Hall–Kier alpha value is -3.30. The molecule has 25 heavy (non-hydrogen) atoms. The smallest absolute Gasteiger partial charge is 0.320 e. The van der Waals surface area contributed by atoms with Gasteiger partial charge in [0.2, 0.25) is 5.82 Å². The largest absolute Gasteiger partial charge is 0.331 e. The highest BCUT2D eigenvalue weighted by atomic mass is 16.2. The van der Waals surface area contributed by atoms with Crippen LogP contribution < -0.4 is 10.6 Å². The van der Waals surface area contributed by atoms with E-state index in [1.165, 1.54) is 0 Å². The number of amides is 2. The fourth-order valence-corrected chi connectivity index (χ4v) is 2.50. The second kappa shape index (κ2) is 7.07. The summed E-state index contributed by atoms with van der Waals surface area (Å²) >= 11 is 0. The van der Waals surface area contributed by atoms with Crippen molar-refractivity contribution in [2.24, 2.45) is 7.05 Å². The summed E-state index contributed by atoms with van der Waals surface area (Å²) in [5.41, 5.74) is 2.48. The van der Waals surface area contributed by atoms with Crippen LogP contribution in [-0.2, 0) is 20.0 Å². The maximum Gasteiger partial charge on any atom is 0.320 e. The molecule has 0 aliphatic heterocycles. The SMILES string of the molecule is CCc1c(C)nn(C)c1NC(=O)NCc1nc(-c2cnccn2)n[nH]1. The van der Waals surface area contributed by atoms with Gasteiger partial charge < -0.3 is 5.32 Å². The van der Waals surface area contributed by atoms with Crippen LogP contribution in [0.15, 0.2) is 18.6 Å². The molecule has 10 nitrogen and oxygen atoms in total. The van der Waals surface area contributed by atoms with Crippen molar-refractivity contribution in [3.63, 3.8) is 0 Å². The number of aryl methyl sites for hydroxylation is 2. The Morgan fingerprint density at radius 3 is 2.92 bits per heavy atom. The predicted octanol–water partition coefficient (Wildman–Crippen LogP) is 1.19. The summed E-state index contributed by atoms with van der Waals surface area (Å²) in [7, 11) is 1.80. The number of urea groups is 1. The molecular formula is C15H19N9O. The summed E-state index contributed by atoms with van der Waals surface area (Å²) in [6.45, 7) is 4.15. The van der Waals surface area contributed by atoms with Crippen LogP contribution in [0.3, 0.4) is 0 Å². The molecule has 0 fully saturated rings. The van der Waals surface area contributed by atoms with E-state index in [-0.39, 0.29) is 12.6 Å². The minimum Gasteiger partial charge on any atom is -0.331 e. The highest BCUT2D eigenvalue weighted by Crippen LogP contribution is 2.18. The van der Waals surface area contributed by atoms with E-state index in [1.807, 2.05) is 13.8 Å². The van der Waals surface area contributed by atoms with E-state index in [0.717, 1.165) is 17.7 Å². The second-order valence-corrected chi connectivity index (χ2v) is 5.39. The number of H-pyrrole nitrogens is 1. The molecule has 0 spiro atoms. The molecule has 130 valence electrons. The lowest BCUT2D eigenvalue weighted by Gasteiger charge is -2.08. The van der Waals surface area contributed by atoms with E-state index in [0.29, 0.717) is 23.2 Å². The average Bonchev–Trinajstić information content (AvgIpc) is 3.19. The summed E-state index contributed by atoms with van der Waals surface area (Å²) in [6.07, 6.45) is 5.51. The number of anilines is 1. The van der Waals surface area contributed by atoms with Gasteiger partial charge in [0, 0.05) is 25.0 Å². The van der Waals surface area contributed by atoms with Crippen LogP contribution in [0.5, 0.6) is 0 Å². The molecule has 0 saturated carbocycles. The van der Waals surface area contributed by atoms with Crippen LogP contribution >= 0.6 is 0 Å². The number of nitrogens with zero attached hydrogens (tertiary/aromatic N) is 6. The molecule has 3 N–H and O–H groups in total. The highest BCUT2D eigenvalue weighted by molar-refractivity contribution is 5.89. The van der Waals surface area contributed by atoms with Gasteiger partial charge in [0.15, 0.2) is 0 Å². The standard InChI is InChI=1S/C15H19N9O/c1-4-10-9(2)23-24(3)14(10)20-15(25)18-8-12-19-13(22-21-12)11-7-16-5-6-17-11/h5-7H,4,8H2,1-3H3,(H2,18,20,25)(H,19,21,22). The van der Waals surface area contributed by atoms with E-state index in [2.05, 4.69) is 40.9 Å². The number of aromatic amines is 1. The minimum atomic E-state index is -0.338. The number of carbonyl (C=O) groups is 1. The van der Waals surface area contributed by atoms with Crippen LogP contribution in [0.1, 0.15) is 24.0 Å². The third-order valence-electron chi connectivity index (χ3n) is 3.67. The number of hydrogen-bond acceptors (Lipinski definition) is 6. The Kier molecular flexibility index (Phi) is 4.68. The van der Waals surface area contributed by atoms with E-state index >= 15 is 0 Å². The lowest BCUT2D eigenvalue weighted by atomic mass is 10.2. The Labute approximate surface area is 144 Å². The second-order valence-electron chi connectivity index (χ2n) is 5.39. The molecule has 0 aliphatic carbocycles. The molecular weight excluding hydrogens is 322 g/mol. The van der Waals surface area contributed by atoms with Crippen molar-refractivity contribution in [2.45, 2.75) is 26.8 Å². The molecule has 10 heteroatoms. The van der Waals surface area contributed by atoms with Crippen molar-refractivity contribution < 1.29 is 4.79 Å². The Bertz CT molecular complexity index is 869. The van der Waals surface area contributed by atoms with Gasteiger partial charge in [0.25, 0.3) is 0 Å². The fraction of sp³-hybridized carbons (Fsp3) is 0.333. The Morgan fingerprint density at radius 2 is 2.20 bits per heavy atom. The van der Waals surface area contributed by atoms with Gasteiger partial charge in [-0.2, -0.15) is 10.2 Å². The molecule has 3 aromatic heterocycles. The summed E-state index contributed by atoms with van der Waals surface area (Å²) in [4.78, 5) is 24.5. The van der Waals surface area contributed by atoms with Crippen molar-refractivity contribution in [1.29, 1.82) is 0 Å². The van der Waals surface area contributed by atoms with E-state index in [9.17, 15) is 4.79 Å². The molecule has 0 aliphatic rings. The highest BCUT2D eigenvalue weighted by Gasteiger charge is 2.14. The first-order chi connectivity index (χ1) is 12.1. The van der Waals surface area contributed by atoms with Gasteiger partial charge in [0.1, 0.15) is 17.3 Å². The van der Waals surface area contributed by atoms with E-state index in [4.69, 9.17) is 0 Å². The summed E-state index contributed by atoms with van der Waals surface area (Å²) in [6, 6.07) is -0.338. The zero-order valence-corrected chi connectivity index (χ0v) is 14.2. The quantitative estimate of drug-likeness (QED) is 0.640. The van der Waals surface area contributed by atoms with Crippen LogP contribution in [0.25, 0.3) is 11.5 Å². The molecule has 3 rings (SSSR count). The van der Waals surface area contributed by atoms with Gasteiger partial charge in [-0.25, -0.2) is 14.8 Å². The van der Waals surface area contributed by atoms with Gasteiger partial charge in [-0.1, -0.05) is 6.92 Å². The first-order valence-corrected chi connectivity index (χ1v) is 7.83. The number of carbonyl (C=O) groups excluding carboxylic acids is 1. The number of rotatable bonds is 5. The first kappa shape index (κ1) is 16.6. The molecule has 3 heterocycles. The lowest BCUT2D eigenvalue weighted by molar-refractivity contribution is 0.251. The fourth-order valence-electron chi connectivity index (χ4n) is 2.50. The van der Waals surface area contributed by atoms with Crippen molar-refractivity contribution in [3.8, 4) is 11.5 Å². The van der Waals surface area contributed by atoms with Crippen molar-refractivity contribution in [1.82, 2.24) is 40.2 Å².